The lowest BCUT2D eigenvalue weighted by Gasteiger charge is -2.01. The molecular formula is C14H11NO4S. The van der Waals surface area contributed by atoms with Gasteiger partial charge in [-0.1, -0.05) is 0 Å². The third-order valence-corrected chi connectivity index (χ3v) is 3.57. The summed E-state index contributed by atoms with van der Waals surface area (Å²) in [7, 11) is 0. The van der Waals surface area contributed by atoms with Crippen molar-refractivity contribution in [1.82, 2.24) is 4.98 Å². The zero-order valence-corrected chi connectivity index (χ0v) is 11.1. The van der Waals surface area contributed by atoms with Gasteiger partial charge in [0, 0.05) is 18.5 Å². The molecule has 0 aliphatic rings. The number of aromatic nitrogens is 1. The molecule has 0 bridgehead atoms. The third kappa shape index (κ3) is 3.30. The molecule has 0 aromatic carbocycles. The van der Waals surface area contributed by atoms with E-state index in [1.165, 1.54) is 11.3 Å². The van der Waals surface area contributed by atoms with Gasteiger partial charge in [0.1, 0.15) is 0 Å². The molecule has 0 saturated heterocycles. The number of allylic oxidation sites excluding steroid dienone is 1. The molecule has 2 rings (SSSR count). The molecule has 2 heterocycles. The predicted molar refractivity (Wildman–Crippen MR) is 74.0 cm³/mol. The van der Waals surface area contributed by atoms with E-state index in [1.54, 1.807) is 17.8 Å². The minimum absolute atomic E-state index is 0.426. The summed E-state index contributed by atoms with van der Waals surface area (Å²) in [6.07, 6.45) is 4.61. The zero-order chi connectivity index (χ0) is 14.5. The Morgan fingerprint density at radius 1 is 1.20 bits per heavy atom. The van der Waals surface area contributed by atoms with Gasteiger partial charge in [-0.15, -0.1) is 11.3 Å². The maximum atomic E-state index is 11.9. The Balaban J connectivity index is 2.23. The number of ketones is 1. The van der Waals surface area contributed by atoms with Gasteiger partial charge in [-0.25, -0.2) is 4.79 Å². The van der Waals surface area contributed by atoms with Gasteiger partial charge in [0.2, 0.25) is 5.76 Å². The van der Waals surface area contributed by atoms with Crippen LogP contribution in [0.25, 0.3) is 0 Å². The minimum atomic E-state index is -1.52. The van der Waals surface area contributed by atoms with Crippen molar-refractivity contribution in [3.63, 3.8) is 0 Å². The van der Waals surface area contributed by atoms with Crippen LogP contribution in [0, 0.1) is 0 Å². The average molecular weight is 289 g/mol. The van der Waals surface area contributed by atoms with E-state index in [0.717, 1.165) is 17.2 Å². The highest BCUT2D eigenvalue weighted by Crippen LogP contribution is 2.21. The van der Waals surface area contributed by atoms with Gasteiger partial charge in [0.15, 0.2) is 5.78 Å². The molecule has 20 heavy (non-hydrogen) atoms. The van der Waals surface area contributed by atoms with Crippen molar-refractivity contribution in [3.05, 3.63) is 63.8 Å². The molecular weight excluding hydrogens is 278 g/mol. The highest BCUT2D eigenvalue weighted by molar-refractivity contribution is 7.12. The number of carboxylic acids is 1. The van der Waals surface area contributed by atoms with Crippen LogP contribution in [-0.4, -0.2) is 26.9 Å². The number of carbonyl (C=O) groups excluding carboxylic acids is 1. The van der Waals surface area contributed by atoms with Gasteiger partial charge in [0.05, 0.1) is 4.88 Å². The van der Waals surface area contributed by atoms with Crippen molar-refractivity contribution in [2.24, 2.45) is 0 Å². The summed E-state index contributed by atoms with van der Waals surface area (Å²) in [6, 6.07) is 5.50. The maximum Gasteiger partial charge on any atom is 0.371 e. The maximum absolute atomic E-state index is 11.9. The van der Waals surface area contributed by atoms with Gasteiger partial charge >= 0.3 is 5.97 Å². The van der Waals surface area contributed by atoms with E-state index in [2.05, 4.69) is 4.98 Å². The fraction of sp³-hybridized carbons (Fsp3) is 0.0714. The smallest absolute Gasteiger partial charge is 0.371 e. The molecule has 0 radical (unpaired) electrons. The lowest BCUT2D eigenvalue weighted by molar-refractivity contribution is -0.135. The molecule has 2 aromatic rings. The fourth-order valence-corrected chi connectivity index (χ4v) is 2.50. The second-order valence-corrected chi connectivity index (χ2v) is 4.92. The van der Waals surface area contributed by atoms with E-state index in [9.17, 15) is 9.59 Å². The number of hydrogen-bond acceptors (Lipinski definition) is 5. The zero-order valence-electron chi connectivity index (χ0n) is 10.3. The first kappa shape index (κ1) is 14.0. The second kappa shape index (κ2) is 6.12. The number of pyridine rings is 1. The van der Waals surface area contributed by atoms with Crippen molar-refractivity contribution in [1.29, 1.82) is 0 Å². The molecule has 2 N–H and O–H groups in total. The number of thiophene rings is 1. The summed E-state index contributed by atoms with van der Waals surface area (Å²) in [5.41, 5.74) is 1.79. The first-order valence-corrected chi connectivity index (χ1v) is 6.59. The molecule has 0 aliphatic heterocycles. The number of rotatable bonds is 5. The Hall–Kier alpha value is -2.47. The Kier molecular flexibility index (Phi) is 4.27. The number of aliphatic carboxylic acids is 1. The Morgan fingerprint density at radius 3 is 2.55 bits per heavy atom. The lowest BCUT2D eigenvalue weighted by atomic mass is 10.1. The fourth-order valence-electron chi connectivity index (χ4n) is 1.66. The van der Waals surface area contributed by atoms with E-state index < -0.39 is 17.5 Å². The predicted octanol–water partition coefficient (Wildman–Crippen LogP) is 2.44. The molecule has 0 atom stereocenters. The molecule has 0 unspecified atom stereocenters. The number of nitrogens with zero attached hydrogens (tertiary/aromatic N) is 1. The first-order valence-electron chi connectivity index (χ1n) is 5.71. The van der Waals surface area contributed by atoms with Crippen LogP contribution in [-0.2, 0) is 11.2 Å². The quantitative estimate of drug-likeness (QED) is 0.501. The summed E-state index contributed by atoms with van der Waals surface area (Å²) in [6.45, 7) is 0. The molecule has 0 fully saturated rings. The normalized spacial score (nSPS) is 11.3. The van der Waals surface area contributed by atoms with Crippen LogP contribution in [0.4, 0.5) is 0 Å². The summed E-state index contributed by atoms with van der Waals surface area (Å²) >= 11 is 1.22. The van der Waals surface area contributed by atoms with Crippen LogP contribution in [0.2, 0.25) is 0 Å². The van der Waals surface area contributed by atoms with Gasteiger partial charge in [-0.3, -0.25) is 9.78 Å². The average Bonchev–Trinajstić information content (AvgIpc) is 2.88. The van der Waals surface area contributed by atoms with Crippen molar-refractivity contribution >= 4 is 23.1 Å². The van der Waals surface area contributed by atoms with Crippen LogP contribution in [0.15, 0.2) is 47.8 Å². The molecule has 0 aliphatic carbocycles. The largest absolute Gasteiger partial charge is 0.502 e. The van der Waals surface area contributed by atoms with E-state index in [0.29, 0.717) is 11.3 Å². The van der Waals surface area contributed by atoms with Crippen molar-refractivity contribution in [3.8, 4) is 0 Å². The summed E-state index contributed by atoms with van der Waals surface area (Å²) in [5, 5.41) is 19.4. The Labute approximate surface area is 118 Å². The van der Waals surface area contributed by atoms with Crippen molar-refractivity contribution in [2.45, 2.75) is 6.42 Å². The number of aliphatic hydroxyl groups is 1. The highest BCUT2D eigenvalue weighted by Gasteiger charge is 2.14. The molecule has 102 valence electrons. The van der Waals surface area contributed by atoms with Gasteiger partial charge in [-0.05, 0) is 41.1 Å². The second-order valence-electron chi connectivity index (χ2n) is 4.01. The van der Waals surface area contributed by atoms with Crippen LogP contribution in [0.5, 0.6) is 0 Å². The van der Waals surface area contributed by atoms with Crippen LogP contribution in [0.3, 0.4) is 0 Å². The lowest BCUT2D eigenvalue weighted by Crippen LogP contribution is -2.04. The SMILES string of the molecule is O=C(O)C(O)=CC(=O)c1sccc1Cc1ccncc1. The summed E-state index contributed by atoms with van der Waals surface area (Å²) in [4.78, 5) is 26.8. The van der Waals surface area contributed by atoms with Crippen LogP contribution < -0.4 is 0 Å². The van der Waals surface area contributed by atoms with Crippen molar-refractivity contribution < 1.29 is 19.8 Å². The van der Waals surface area contributed by atoms with E-state index in [1.807, 2.05) is 18.2 Å². The Morgan fingerprint density at radius 2 is 1.90 bits per heavy atom. The third-order valence-electron chi connectivity index (χ3n) is 2.60. The standard InChI is InChI=1S/C14H11NO4S/c16-11(8-12(17)14(18)19)13-10(3-6-20-13)7-9-1-4-15-5-2-9/h1-6,8,17H,7H2,(H,18,19). The Bertz CT molecular complexity index is 661. The first-order chi connectivity index (χ1) is 9.58. The van der Waals surface area contributed by atoms with Crippen LogP contribution in [0.1, 0.15) is 20.8 Å². The topological polar surface area (TPSA) is 87.5 Å². The summed E-state index contributed by atoms with van der Waals surface area (Å²) < 4.78 is 0. The monoisotopic (exact) mass is 289 g/mol. The molecule has 0 spiro atoms. The van der Waals surface area contributed by atoms with Gasteiger partial charge in [-0.2, -0.15) is 0 Å². The van der Waals surface area contributed by atoms with Gasteiger partial charge < -0.3 is 10.2 Å². The van der Waals surface area contributed by atoms with E-state index in [4.69, 9.17) is 10.2 Å². The number of aliphatic hydroxyl groups excluding tert-OH is 1. The van der Waals surface area contributed by atoms with E-state index >= 15 is 0 Å². The highest BCUT2D eigenvalue weighted by atomic mass is 32.1. The number of carboxylic acid groups (broad SMARTS) is 1. The molecule has 2 aromatic heterocycles. The summed E-state index contributed by atoms with van der Waals surface area (Å²) in [5.74, 6) is -2.99. The molecule has 6 heteroatoms. The number of hydrogen-bond donors (Lipinski definition) is 2. The van der Waals surface area contributed by atoms with Gasteiger partial charge in [0.25, 0.3) is 0 Å². The van der Waals surface area contributed by atoms with Crippen molar-refractivity contribution in [2.75, 3.05) is 0 Å². The van der Waals surface area contributed by atoms with E-state index in [-0.39, 0.29) is 0 Å². The number of carbonyl (C=O) groups is 2. The van der Waals surface area contributed by atoms with Crippen LogP contribution >= 0.6 is 11.3 Å². The molecule has 0 saturated carbocycles. The minimum Gasteiger partial charge on any atom is -0.502 e. The molecule has 0 amide bonds. The molecule has 5 nitrogen and oxygen atoms in total.